The third-order valence-electron chi connectivity index (χ3n) is 3.54. The van der Waals surface area contributed by atoms with Gasteiger partial charge in [-0.15, -0.1) is 0 Å². The van der Waals surface area contributed by atoms with E-state index in [0.29, 0.717) is 24.1 Å². The summed E-state index contributed by atoms with van der Waals surface area (Å²) in [6.07, 6.45) is 0.772. The number of rotatable bonds is 7. The highest BCUT2D eigenvalue weighted by Gasteiger charge is 2.30. The largest absolute Gasteiger partial charge is 0.390 e. The van der Waals surface area contributed by atoms with Crippen LogP contribution in [0, 0.1) is 5.92 Å². The topological polar surface area (TPSA) is 69.6 Å². The summed E-state index contributed by atoms with van der Waals surface area (Å²) in [5, 5.41) is 22.8. The maximum Gasteiger partial charge on any atom is 0.165 e. The smallest absolute Gasteiger partial charge is 0.165 e. The Morgan fingerprint density at radius 2 is 1.95 bits per heavy atom. The van der Waals surface area contributed by atoms with E-state index in [1.807, 2.05) is 0 Å². The molecule has 19 heavy (non-hydrogen) atoms. The molecule has 0 amide bonds. The van der Waals surface area contributed by atoms with Crippen LogP contribution in [0.25, 0.3) is 0 Å². The van der Waals surface area contributed by atoms with E-state index in [0.717, 1.165) is 12.8 Å². The van der Waals surface area contributed by atoms with E-state index >= 15 is 0 Å². The number of aliphatic hydroxyl groups excluding tert-OH is 2. The number of benzene rings is 1. The van der Waals surface area contributed by atoms with Gasteiger partial charge in [-0.05, 0) is 38.4 Å². The molecule has 0 heterocycles. The van der Waals surface area contributed by atoms with E-state index < -0.39 is 12.2 Å². The van der Waals surface area contributed by atoms with Crippen LogP contribution in [0.2, 0.25) is 0 Å². The molecule has 0 bridgehead atoms. The molecule has 104 valence electrons. The Morgan fingerprint density at radius 3 is 2.47 bits per heavy atom. The molecule has 2 atom stereocenters. The molecule has 0 aromatic heterocycles. The molecule has 4 heteroatoms. The van der Waals surface area contributed by atoms with E-state index in [1.54, 1.807) is 31.3 Å². The summed E-state index contributed by atoms with van der Waals surface area (Å²) >= 11 is 0. The summed E-state index contributed by atoms with van der Waals surface area (Å²) < 4.78 is 0. The molecule has 0 aliphatic heterocycles. The zero-order valence-electron chi connectivity index (χ0n) is 11.2. The van der Waals surface area contributed by atoms with Crippen molar-refractivity contribution in [1.82, 2.24) is 5.32 Å². The summed E-state index contributed by atoms with van der Waals surface area (Å²) in [5.41, 5.74) is 1.35. The van der Waals surface area contributed by atoms with Gasteiger partial charge >= 0.3 is 0 Å². The van der Waals surface area contributed by atoms with Crippen molar-refractivity contribution in [1.29, 1.82) is 0 Å². The van der Waals surface area contributed by atoms with Crippen molar-refractivity contribution in [3.63, 3.8) is 0 Å². The lowest BCUT2D eigenvalue weighted by molar-refractivity contribution is 0.0140. The van der Waals surface area contributed by atoms with E-state index in [-0.39, 0.29) is 11.7 Å². The molecule has 0 radical (unpaired) electrons. The SMILES string of the molecule is CNCCC(O)C(O)c1ccc(C(=O)C2CC2)cc1. The zero-order valence-corrected chi connectivity index (χ0v) is 11.2. The van der Waals surface area contributed by atoms with Crippen LogP contribution in [-0.2, 0) is 0 Å². The summed E-state index contributed by atoms with van der Waals surface area (Å²) in [5.74, 6) is 0.397. The molecule has 1 aliphatic carbocycles. The molecule has 3 N–H and O–H groups in total. The standard InChI is InChI=1S/C15H21NO3/c1-16-9-8-13(17)15(19)12-6-4-11(5-7-12)14(18)10-2-3-10/h4-7,10,13,15-17,19H,2-3,8-9H2,1H3. The fourth-order valence-corrected chi connectivity index (χ4v) is 2.10. The highest BCUT2D eigenvalue weighted by Crippen LogP contribution is 2.32. The normalized spacial score (nSPS) is 18.1. The van der Waals surface area contributed by atoms with Crippen LogP contribution in [0.4, 0.5) is 0 Å². The lowest BCUT2D eigenvalue weighted by Crippen LogP contribution is -2.23. The second-order valence-corrected chi connectivity index (χ2v) is 5.16. The van der Waals surface area contributed by atoms with E-state index in [4.69, 9.17) is 0 Å². The van der Waals surface area contributed by atoms with E-state index in [1.165, 1.54) is 0 Å². The Labute approximate surface area is 113 Å². The number of hydrogen-bond donors (Lipinski definition) is 3. The molecule has 0 spiro atoms. The summed E-state index contributed by atoms with van der Waals surface area (Å²) in [7, 11) is 1.80. The fourth-order valence-electron chi connectivity index (χ4n) is 2.10. The van der Waals surface area contributed by atoms with Crippen molar-refractivity contribution in [2.75, 3.05) is 13.6 Å². The van der Waals surface area contributed by atoms with Gasteiger partial charge in [-0.1, -0.05) is 24.3 Å². The van der Waals surface area contributed by atoms with Crippen LogP contribution in [0.5, 0.6) is 0 Å². The third kappa shape index (κ3) is 3.62. The zero-order chi connectivity index (χ0) is 13.8. The summed E-state index contributed by atoms with van der Waals surface area (Å²) in [6.45, 7) is 0.649. The Kier molecular flexibility index (Phi) is 4.69. The second kappa shape index (κ2) is 6.28. The van der Waals surface area contributed by atoms with Crippen LogP contribution in [0.3, 0.4) is 0 Å². The lowest BCUT2D eigenvalue weighted by Gasteiger charge is -2.18. The number of Topliss-reactive ketones (excluding diaryl/α,β-unsaturated/α-hetero) is 1. The predicted molar refractivity (Wildman–Crippen MR) is 73.0 cm³/mol. The Balaban J connectivity index is 1.98. The predicted octanol–water partition coefficient (Wildman–Crippen LogP) is 1.28. The minimum atomic E-state index is -0.904. The average Bonchev–Trinajstić information content (AvgIpc) is 3.28. The Morgan fingerprint density at radius 1 is 1.32 bits per heavy atom. The summed E-state index contributed by atoms with van der Waals surface area (Å²) in [6, 6.07) is 6.93. The van der Waals surface area contributed by atoms with Gasteiger partial charge in [0.15, 0.2) is 5.78 Å². The monoisotopic (exact) mass is 263 g/mol. The van der Waals surface area contributed by atoms with Crippen LogP contribution >= 0.6 is 0 Å². The quantitative estimate of drug-likeness (QED) is 0.648. The van der Waals surface area contributed by atoms with Gasteiger partial charge < -0.3 is 15.5 Å². The van der Waals surface area contributed by atoms with Crippen LogP contribution in [0.15, 0.2) is 24.3 Å². The molecule has 4 nitrogen and oxygen atoms in total. The number of carbonyl (C=O) groups is 1. The molecular formula is C15H21NO3. The molecule has 1 aliphatic rings. The maximum atomic E-state index is 11.8. The van der Waals surface area contributed by atoms with Gasteiger partial charge in [0, 0.05) is 11.5 Å². The van der Waals surface area contributed by atoms with Gasteiger partial charge in [0.2, 0.25) is 0 Å². The van der Waals surface area contributed by atoms with Gasteiger partial charge in [-0.25, -0.2) is 0 Å². The number of ketones is 1. The molecule has 0 saturated heterocycles. The molecule has 1 fully saturated rings. The van der Waals surface area contributed by atoms with Crippen molar-refractivity contribution in [2.45, 2.75) is 31.5 Å². The average molecular weight is 263 g/mol. The lowest BCUT2D eigenvalue weighted by atomic mass is 9.99. The van der Waals surface area contributed by atoms with Crippen molar-refractivity contribution < 1.29 is 15.0 Å². The maximum absolute atomic E-state index is 11.8. The fraction of sp³-hybridized carbons (Fsp3) is 0.533. The Bertz CT molecular complexity index is 426. The molecule has 1 aromatic rings. The summed E-state index contributed by atoms with van der Waals surface area (Å²) in [4.78, 5) is 11.8. The first-order chi connectivity index (χ1) is 9.13. The van der Waals surface area contributed by atoms with Gasteiger partial charge in [0.1, 0.15) is 6.10 Å². The molecule has 2 unspecified atom stereocenters. The molecule has 1 saturated carbocycles. The third-order valence-corrected chi connectivity index (χ3v) is 3.54. The number of hydrogen-bond acceptors (Lipinski definition) is 4. The first kappa shape index (κ1) is 14.2. The van der Waals surface area contributed by atoms with Gasteiger partial charge in [0.05, 0.1) is 6.10 Å². The van der Waals surface area contributed by atoms with E-state index in [9.17, 15) is 15.0 Å². The Hall–Kier alpha value is -1.23. The molecular weight excluding hydrogens is 242 g/mol. The number of carbonyl (C=O) groups excluding carboxylic acids is 1. The van der Waals surface area contributed by atoms with Crippen molar-refractivity contribution >= 4 is 5.78 Å². The minimum Gasteiger partial charge on any atom is -0.390 e. The highest BCUT2D eigenvalue weighted by molar-refractivity contribution is 5.99. The first-order valence-electron chi connectivity index (χ1n) is 6.78. The van der Waals surface area contributed by atoms with Crippen LogP contribution in [0.1, 0.15) is 41.3 Å². The number of aliphatic hydroxyl groups is 2. The molecule has 2 rings (SSSR count). The minimum absolute atomic E-state index is 0.191. The number of nitrogens with one attached hydrogen (secondary N) is 1. The second-order valence-electron chi connectivity index (χ2n) is 5.16. The first-order valence-corrected chi connectivity index (χ1v) is 6.78. The van der Waals surface area contributed by atoms with E-state index in [2.05, 4.69) is 5.32 Å². The highest BCUT2D eigenvalue weighted by atomic mass is 16.3. The van der Waals surface area contributed by atoms with Gasteiger partial charge in [0.25, 0.3) is 0 Å². The van der Waals surface area contributed by atoms with Gasteiger partial charge in [-0.2, -0.15) is 0 Å². The van der Waals surface area contributed by atoms with Crippen LogP contribution in [-0.4, -0.2) is 35.7 Å². The van der Waals surface area contributed by atoms with Crippen molar-refractivity contribution in [3.8, 4) is 0 Å². The van der Waals surface area contributed by atoms with Gasteiger partial charge in [-0.3, -0.25) is 4.79 Å². The van der Waals surface area contributed by atoms with Crippen molar-refractivity contribution in [2.24, 2.45) is 5.92 Å². The van der Waals surface area contributed by atoms with Crippen molar-refractivity contribution in [3.05, 3.63) is 35.4 Å². The molecule has 1 aromatic carbocycles. The van der Waals surface area contributed by atoms with Crippen LogP contribution < -0.4 is 5.32 Å².